The van der Waals surface area contributed by atoms with Gasteiger partial charge in [-0.25, -0.2) is 9.67 Å². The lowest BCUT2D eigenvalue weighted by Crippen LogP contribution is -2.05. The molecule has 1 aliphatic carbocycles. The molecular weight excluding hydrogens is 505 g/mol. The Kier molecular flexibility index (Phi) is 4.37. The molecule has 8 nitrogen and oxygen atoms in total. The van der Waals surface area contributed by atoms with E-state index in [1.54, 1.807) is 0 Å². The van der Waals surface area contributed by atoms with E-state index in [0.717, 1.165) is 51.3 Å². The van der Waals surface area contributed by atoms with Crippen LogP contribution in [0.15, 0.2) is 52.9 Å². The molecule has 2 aliphatic rings. The summed E-state index contributed by atoms with van der Waals surface area (Å²) in [7, 11) is 0. The van der Waals surface area contributed by atoms with E-state index in [1.165, 1.54) is 5.57 Å². The summed E-state index contributed by atoms with van der Waals surface area (Å²) in [4.78, 5) is 9.05. The molecule has 31 heavy (non-hydrogen) atoms. The quantitative estimate of drug-likeness (QED) is 0.331. The maximum Gasteiger partial charge on any atom is 0.278 e. The maximum atomic E-state index is 5.45. The van der Waals surface area contributed by atoms with Gasteiger partial charge in [-0.2, -0.15) is 4.98 Å². The first kappa shape index (κ1) is 18.7. The second kappa shape index (κ2) is 7.26. The number of allylic oxidation sites excluding steroid dienone is 4. The van der Waals surface area contributed by atoms with E-state index in [4.69, 9.17) is 4.52 Å². The SMILES string of the molecule is Cc1noc(-c2ncn3c2Cc2c(CC4=CC=CCC4)nnn2-c2cc(I)ccc2-3)n1. The van der Waals surface area contributed by atoms with Gasteiger partial charge in [-0.05, 0) is 60.6 Å². The lowest BCUT2D eigenvalue weighted by atomic mass is 9.99. The van der Waals surface area contributed by atoms with Gasteiger partial charge in [-0.3, -0.25) is 4.57 Å². The van der Waals surface area contributed by atoms with Crippen LogP contribution in [0.2, 0.25) is 0 Å². The minimum atomic E-state index is 0.431. The molecule has 0 unspecified atom stereocenters. The highest BCUT2D eigenvalue weighted by Crippen LogP contribution is 2.34. The van der Waals surface area contributed by atoms with Gasteiger partial charge in [0.25, 0.3) is 5.89 Å². The number of halogens is 1. The Bertz CT molecular complexity index is 1370. The zero-order valence-electron chi connectivity index (χ0n) is 16.8. The van der Waals surface area contributed by atoms with E-state index < -0.39 is 0 Å². The third-order valence-electron chi connectivity index (χ3n) is 5.69. The van der Waals surface area contributed by atoms with E-state index >= 15 is 0 Å². The summed E-state index contributed by atoms with van der Waals surface area (Å²) in [5.74, 6) is 1.02. The first-order chi connectivity index (χ1) is 15.2. The van der Waals surface area contributed by atoms with Crippen LogP contribution in [-0.4, -0.2) is 34.7 Å². The van der Waals surface area contributed by atoms with Gasteiger partial charge >= 0.3 is 0 Å². The summed E-state index contributed by atoms with van der Waals surface area (Å²) in [5.41, 5.74) is 7.11. The van der Waals surface area contributed by atoms with Crippen molar-refractivity contribution in [2.24, 2.45) is 0 Å². The number of hydrogen-bond acceptors (Lipinski definition) is 6. The summed E-state index contributed by atoms with van der Waals surface area (Å²) in [6.07, 6.45) is 11.9. The molecule has 3 aromatic heterocycles. The standard InChI is InChI=1S/C22H18IN7O/c1-13-25-22(31-27-13)21-20-11-18-16(9-14-5-3-2-4-6-14)26-28-30(18)19-10-15(23)7-8-17(19)29(20)12-24-21/h2-3,5,7-8,10,12H,4,6,9,11H2,1H3. The Morgan fingerprint density at radius 2 is 2.13 bits per heavy atom. The fourth-order valence-electron chi connectivity index (χ4n) is 4.21. The summed E-state index contributed by atoms with van der Waals surface area (Å²) < 4.78 is 10.7. The molecule has 4 aromatic rings. The topological polar surface area (TPSA) is 87.5 Å². The lowest BCUT2D eigenvalue weighted by molar-refractivity contribution is 0.424. The second-order valence-electron chi connectivity index (χ2n) is 7.73. The van der Waals surface area contributed by atoms with Crippen LogP contribution in [0, 0.1) is 10.5 Å². The Morgan fingerprint density at radius 1 is 1.19 bits per heavy atom. The molecule has 1 aliphatic heterocycles. The molecule has 0 saturated carbocycles. The third-order valence-corrected chi connectivity index (χ3v) is 6.37. The largest absolute Gasteiger partial charge is 0.332 e. The summed E-state index contributed by atoms with van der Waals surface area (Å²) in [5, 5.41) is 13.1. The summed E-state index contributed by atoms with van der Waals surface area (Å²) in [6, 6.07) is 6.31. The number of nitrogens with zero attached hydrogens (tertiary/aromatic N) is 7. The maximum absolute atomic E-state index is 5.45. The molecule has 0 bridgehead atoms. The van der Waals surface area contributed by atoms with Crippen molar-refractivity contribution >= 4 is 22.6 Å². The second-order valence-corrected chi connectivity index (χ2v) is 8.98. The van der Waals surface area contributed by atoms with Crippen molar-refractivity contribution in [1.82, 2.24) is 34.7 Å². The number of benzene rings is 1. The smallest absolute Gasteiger partial charge is 0.278 e. The van der Waals surface area contributed by atoms with E-state index in [0.29, 0.717) is 23.8 Å². The molecule has 0 amide bonds. The third kappa shape index (κ3) is 3.14. The molecule has 0 N–H and O–H groups in total. The van der Waals surface area contributed by atoms with E-state index in [9.17, 15) is 0 Å². The Balaban J connectivity index is 1.55. The predicted molar refractivity (Wildman–Crippen MR) is 122 cm³/mol. The lowest BCUT2D eigenvalue weighted by Gasteiger charge is -2.10. The van der Waals surface area contributed by atoms with Crippen LogP contribution in [-0.2, 0) is 12.8 Å². The molecule has 0 spiro atoms. The number of imidazole rings is 1. The Hall–Kier alpha value is -3.08. The van der Waals surface area contributed by atoms with Crippen LogP contribution in [0.3, 0.4) is 0 Å². The first-order valence-corrected chi connectivity index (χ1v) is 11.2. The monoisotopic (exact) mass is 523 g/mol. The molecule has 4 heterocycles. The summed E-state index contributed by atoms with van der Waals surface area (Å²) in [6.45, 7) is 1.81. The van der Waals surface area contributed by atoms with Crippen molar-refractivity contribution < 1.29 is 4.52 Å². The fraction of sp³-hybridized carbons (Fsp3) is 0.227. The number of aryl methyl sites for hydroxylation is 1. The zero-order valence-corrected chi connectivity index (χ0v) is 18.9. The molecule has 1 aromatic carbocycles. The van der Waals surface area contributed by atoms with E-state index in [1.807, 2.05) is 17.9 Å². The number of aromatic nitrogens is 7. The number of fused-ring (bicyclic) bond motifs is 5. The van der Waals surface area contributed by atoms with Crippen LogP contribution in [0.4, 0.5) is 0 Å². The minimum Gasteiger partial charge on any atom is -0.332 e. The van der Waals surface area contributed by atoms with Crippen molar-refractivity contribution in [3.05, 3.63) is 74.8 Å². The van der Waals surface area contributed by atoms with Gasteiger partial charge in [0, 0.05) is 16.4 Å². The predicted octanol–water partition coefficient (Wildman–Crippen LogP) is 4.14. The van der Waals surface area contributed by atoms with Crippen molar-refractivity contribution in [3.63, 3.8) is 0 Å². The molecule has 0 fully saturated rings. The van der Waals surface area contributed by atoms with Gasteiger partial charge in [0.15, 0.2) is 11.5 Å². The highest BCUT2D eigenvalue weighted by molar-refractivity contribution is 14.1. The number of hydrogen-bond donors (Lipinski definition) is 0. The van der Waals surface area contributed by atoms with Crippen LogP contribution < -0.4 is 0 Å². The van der Waals surface area contributed by atoms with Gasteiger partial charge < -0.3 is 4.52 Å². The molecular formula is C22H18IN7O. The van der Waals surface area contributed by atoms with Gasteiger partial charge in [0.2, 0.25) is 0 Å². The van der Waals surface area contributed by atoms with Crippen LogP contribution >= 0.6 is 22.6 Å². The van der Waals surface area contributed by atoms with Gasteiger partial charge in [0.1, 0.15) is 6.33 Å². The van der Waals surface area contributed by atoms with E-state index in [2.05, 4.69) is 89.0 Å². The van der Waals surface area contributed by atoms with Crippen molar-refractivity contribution in [1.29, 1.82) is 0 Å². The zero-order chi connectivity index (χ0) is 20.9. The van der Waals surface area contributed by atoms with Crippen molar-refractivity contribution in [2.45, 2.75) is 32.6 Å². The van der Waals surface area contributed by atoms with Crippen molar-refractivity contribution in [2.75, 3.05) is 0 Å². The normalized spacial score (nSPS) is 14.6. The molecule has 9 heteroatoms. The summed E-state index contributed by atoms with van der Waals surface area (Å²) >= 11 is 2.33. The first-order valence-electron chi connectivity index (χ1n) is 10.1. The fourth-order valence-corrected chi connectivity index (χ4v) is 4.68. The Labute approximate surface area is 191 Å². The minimum absolute atomic E-state index is 0.431. The highest BCUT2D eigenvalue weighted by atomic mass is 127. The molecule has 0 atom stereocenters. The molecule has 154 valence electrons. The van der Waals surface area contributed by atoms with Crippen LogP contribution in [0.1, 0.15) is 35.7 Å². The molecule has 0 radical (unpaired) electrons. The highest BCUT2D eigenvalue weighted by Gasteiger charge is 2.28. The van der Waals surface area contributed by atoms with E-state index in [-0.39, 0.29) is 0 Å². The van der Waals surface area contributed by atoms with Gasteiger partial charge in [-0.1, -0.05) is 34.2 Å². The molecule has 0 saturated heterocycles. The van der Waals surface area contributed by atoms with Crippen LogP contribution in [0.25, 0.3) is 23.0 Å². The van der Waals surface area contributed by atoms with Gasteiger partial charge in [-0.15, -0.1) is 5.10 Å². The average Bonchev–Trinajstić information content (AvgIpc) is 3.47. The number of rotatable bonds is 3. The van der Waals surface area contributed by atoms with Gasteiger partial charge in [0.05, 0.1) is 28.5 Å². The van der Waals surface area contributed by atoms with Crippen LogP contribution in [0.5, 0.6) is 0 Å². The average molecular weight is 523 g/mol. The Morgan fingerprint density at radius 3 is 2.94 bits per heavy atom. The molecule has 6 rings (SSSR count). The van der Waals surface area contributed by atoms with Crippen molar-refractivity contribution in [3.8, 4) is 23.0 Å².